The Bertz CT molecular complexity index is 1010. The highest BCUT2D eigenvalue weighted by Gasteiger charge is 2.11. The summed E-state index contributed by atoms with van der Waals surface area (Å²) >= 11 is 0. The highest BCUT2D eigenvalue weighted by atomic mass is 16.2. The van der Waals surface area contributed by atoms with Crippen LogP contribution in [0.1, 0.15) is 35.3 Å². The molecular weight excluding hydrogens is 372 g/mol. The number of rotatable bonds is 7. The molecule has 0 aliphatic carbocycles. The standard InChI is InChI=1S/C26H28N2O2/c1-18(2)17-27-26(30)23-13-14-24(19(3)15-23)28-25(29)16-20-9-11-22(12-10-20)21-7-5-4-6-8-21/h4-15,18H,16-17H2,1-3H3,(H,27,30)(H,28,29). The van der Waals surface area contributed by atoms with Gasteiger partial charge in [0.05, 0.1) is 6.42 Å². The van der Waals surface area contributed by atoms with Crippen molar-refractivity contribution in [3.05, 3.63) is 89.5 Å². The van der Waals surface area contributed by atoms with Crippen molar-refractivity contribution in [3.63, 3.8) is 0 Å². The SMILES string of the molecule is Cc1cc(C(=O)NCC(C)C)ccc1NC(=O)Cc1ccc(-c2ccccc2)cc1. The number of aryl methyl sites for hydroxylation is 1. The van der Waals surface area contributed by atoms with Crippen LogP contribution in [0.15, 0.2) is 72.8 Å². The van der Waals surface area contributed by atoms with Crippen LogP contribution in [0.25, 0.3) is 11.1 Å². The number of hydrogen-bond acceptors (Lipinski definition) is 2. The molecule has 0 saturated heterocycles. The summed E-state index contributed by atoms with van der Waals surface area (Å²) in [5.41, 5.74) is 5.42. The monoisotopic (exact) mass is 400 g/mol. The Morgan fingerprint density at radius 2 is 1.53 bits per heavy atom. The molecule has 0 bridgehead atoms. The van der Waals surface area contributed by atoms with Crippen LogP contribution in [0, 0.1) is 12.8 Å². The van der Waals surface area contributed by atoms with Gasteiger partial charge in [-0.25, -0.2) is 0 Å². The van der Waals surface area contributed by atoms with E-state index in [1.807, 2.05) is 49.4 Å². The average Bonchev–Trinajstić information content (AvgIpc) is 2.74. The first-order valence-electron chi connectivity index (χ1n) is 10.3. The van der Waals surface area contributed by atoms with E-state index in [9.17, 15) is 9.59 Å². The highest BCUT2D eigenvalue weighted by molar-refractivity contribution is 5.97. The van der Waals surface area contributed by atoms with Gasteiger partial charge in [0.1, 0.15) is 0 Å². The molecule has 3 aromatic carbocycles. The summed E-state index contributed by atoms with van der Waals surface area (Å²) < 4.78 is 0. The van der Waals surface area contributed by atoms with Crippen LogP contribution in [0.3, 0.4) is 0 Å². The van der Waals surface area contributed by atoms with Crippen LogP contribution in [0.2, 0.25) is 0 Å². The zero-order chi connectivity index (χ0) is 21.5. The molecule has 2 N–H and O–H groups in total. The number of carbonyl (C=O) groups is 2. The molecule has 0 spiro atoms. The topological polar surface area (TPSA) is 58.2 Å². The molecule has 0 unspecified atom stereocenters. The lowest BCUT2D eigenvalue weighted by molar-refractivity contribution is -0.115. The maximum absolute atomic E-state index is 12.5. The van der Waals surface area contributed by atoms with Gasteiger partial charge in [0.2, 0.25) is 5.91 Å². The number of hydrogen-bond donors (Lipinski definition) is 2. The Balaban J connectivity index is 1.60. The Morgan fingerprint density at radius 3 is 2.17 bits per heavy atom. The molecule has 0 aromatic heterocycles. The van der Waals surface area contributed by atoms with E-state index in [0.29, 0.717) is 24.4 Å². The largest absolute Gasteiger partial charge is 0.352 e. The van der Waals surface area contributed by atoms with Gasteiger partial charge in [0.15, 0.2) is 0 Å². The van der Waals surface area contributed by atoms with Gasteiger partial charge in [-0.1, -0.05) is 68.4 Å². The molecule has 0 fully saturated rings. The summed E-state index contributed by atoms with van der Waals surface area (Å²) in [5, 5.41) is 5.86. The Labute approximate surface area is 178 Å². The van der Waals surface area contributed by atoms with Crippen molar-refractivity contribution in [2.24, 2.45) is 5.92 Å². The predicted octanol–water partition coefficient (Wildman–Crippen LogP) is 5.23. The van der Waals surface area contributed by atoms with Crippen LogP contribution < -0.4 is 10.6 Å². The number of carbonyl (C=O) groups excluding carboxylic acids is 2. The van der Waals surface area contributed by atoms with E-state index >= 15 is 0 Å². The molecule has 0 aliphatic rings. The number of amides is 2. The van der Waals surface area contributed by atoms with Gasteiger partial charge in [-0.3, -0.25) is 9.59 Å². The Morgan fingerprint density at radius 1 is 0.867 bits per heavy atom. The van der Waals surface area contributed by atoms with Crippen molar-refractivity contribution in [2.45, 2.75) is 27.2 Å². The molecule has 3 rings (SSSR count). The van der Waals surface area contributed by atoms with Crippen molar-refractivity contribution in [2.75, 3.05) is 11.9 Å². The fraction of sp³-hybridized carbons (Fsp3) is 0.231. The normalized spacial score (nSPS) is 10.7. The molecule has 154 valence electrons. The van der Waals surface area contributed by atoms with Crippen molar-refractivity contribution in [1.82, 2.24) is 5.32 Å². The van der Waals surface area contributed by atoms with Gasteiger partial charge in [0, 0.05) is 17.8 Å². The first-order valence-corrected chi connectivity index (χ1v) is 10.3. The van der Waals surface area contributed by atoms with Gasteiger partial charge in [-0.2, -0.15) is 0 Å². The van der Waals surface area contributed by atoms with E-state index in [1.54, 1.807) is 18.2 Å². The molecule has 2 amide bonds. The van der Waals surface area contributed by atoms with Gasteiger partial charge in [-0.05, 0) is 53.3 Å². The maximum Gasteiger partial charge on any atom is 0.251 e. The minimum absolute atomic E-state index is 0.0810. The van der Waals surface area contributed by atoms with E-state index in [-0.39, 0.29) is 11.8 Å². The quantitative estimate of drug-likeness (QED) is 0.571. The number of nitrogens with one attached hydrogen (secondary N) is 2. The summed E-state index contributed by atoms with van der Waals surface area (Å²) in [6.07, 6.45) is 0.297. The second kappa shape index (κ2) is 9.88. The van der Waals surface area contributed by atoms with Crippen molar-refractivity contribution < 1.29 is 9.59 Å². The number of anilines is 1. The molecule has 4 nitrogen and oxygen atoms in total. The van der Waals surface area contributed by atoms with Crippen molar-refractivity contribution in [3.8, 4) is 11.1 Å². The van der Waals surface area contributed by atoms with Crippen LogP contribution in [0.5, 0.6) is 0 Å². The molecule has 0 heterocycles. The third-order valence-corrected chi connectivity index (χ3v) is 4.86. The zero-order valence-electron chi connectivity index (χ0n) is 17.7. The van der Waals surface area contributed by atoms with Gasteiger partial charge >= 0.3 is 0 Å². The third kappa shape index (κ3) is 5.80. The Hall–Kier alpha value is -3.40. The molecule has 0 aliphatic heterocycles. The molecule has 30 heavy (non-hydrogen) atoms. The second-order valence-corrected chi connectivity index (χ2v) is 7.92. The third-order valence-electron chi connectivity index (χ3n) is 4.86. The first-order chi connectivity index (χ1) is 14.4. The van der Waals surface area contributed by atoms with Gasteiger partial charge < -0.3 is 10.6 Å². The molecule has 0 radical (unpaired) electrons. The summed E-state index contributed by atoms with van der Waals surface area (Å²) in [4.78, 5) is 24.7. The lowest BCUT2D eigenvalue weighted by atomic mass is 10.0. The van der Waals surface area contributed by atoms with Crippen LogP contribution in [0.4, 0.5) is 5.69 Å². The minimum atomic E-state index is -0.0943. The molecular formula is C26H28N2O2. The van der Waals surface area contributed by atoms with Gasteiger partial charge in [0.25, 0.3) is 5.91 Å². The van der Waals surface area contributed by atoms with Crippen molar-refractivity contribution >= 4 is 17.5 Å². The summed E-state index contributed by atoms with van der Waals surface area (Å²) in [7, 11) is 0. The van der Waals surface area contributed by atoms with E-state index < -0.39 is 0 Å². The molecule has 0 atom stereocenters. The molecule has 4 heteroatoms. The Kier molecular flexibility index (Phi) is 7.02. The number of benzene rings is 3. The predicted molar refractivity (Wildman–Crippen MR) is 123 cm³/mol. The second-order valence-electron chi connectivity index (χ2n) is 7.92. The summed E-state index contributed by atoms with van der Waals surface area (Å²) in [6, 6.07) is 23.5. The lowest BCUT2D eigenvalue weighted by Crippen LogP contribution is -2.27. The maximum atomic E-state index is 12.5. The van der Waals surface area contributed by atoms with E-state index in [1.165, 1.54) is 0 Å². The highest BCUT2D eigenvalue weighted by Crippen LogP contribution is 2.20. The lowest BCUT2D eigenvalue weighted by Gasteiger charge is -2.12. The molecule has 3 aromatic rings. The van der Waals surface area contributed by atoms with E-state index in [4.69, 9.17) is 0 Å². The minimum Gasteiger partial charge on any atom is -0.352 e. The van der Waals surface area contributed by atoms with Crippen molar-refractivity contribution in [1.29, 1.82) is 0 Å². The smallest absolute Gasteiger partial charge is 0.251 e. The first kappa shape index (κ1) is 21.3. The van der Waals surface area contributed by atoms with Crippen LogP contribution in [-0.2, 0) is 11.2 Å². The average molecular weight is 401 g/mol. The summed E-state index contributed by atoms with van der Waals surface area (Å²) in [6.45, 7) is 6.64. The fourth-order valence-electron chi connectivity index (χ4n) is 3.17. The molecule has 0 saturated carbocycles. The van der Waals surface area contributed by atoms with Crippen LogP contribution >= 0.6 is 0 Å². The zero-order valence-corrected chi connectivity index (χ0v) is 17.7. The van der Waals surface area contributed by atoms with Crippen LogP contribution in [-0.4, -0.2) is 18.4 Å². The summed E-state index contributed by atoms with van der Waals surface area (Å²) in [5.74, 6) is 0.223. The van der Waals surface area contributed by atoms with Gasteiger partial charge in [-0.15, -0.1) is 0 Å². The van der Waals surface area contributed by atoms with E-state index in [0.717, 1.165) is 27.9 Å². The fourth-order valence-corrected chi connectivity index (χ4v) is 3.17. The van der Waals surface area contributed by atoms with E-state index in [2.05, 4.69) is 36.6 Å².